The zero-order chi connectivity index (χ0) is 18.0. The molecular weight excluding hydrogens is 320 g/mol. The van der Waals surface area contributed by atoms with Gasteiger partial charge in [-0.25, -0.2) is 0 Å². The molecule has 2 amide bonds. The van der Waals surface area contributed by atoms with Gasteiger partial charge in [0.2, 0.25) is 0 Å². The summed E-state index contributed by atoms with van der Waals surface area (Å²) in [7, 11) is 0. The maximum Gasteiger partial charge on any atom is 0.296 e. The van der Waals surface area contributed by atoms with Crippen molar-refractivity contribution in [3.63, 3.8) is 0 Å². The highest BCUT2D eigenvalue weighted by molar-refractivity contribution is 6.34. The molecule has 2 heterocycles. The van der Waals surface area contributed by atoms with Crippen LogP contribution in [0.3, 0.4) is 0 Å². The van der Waals surface area contributed by atoms with Gasteiger partial charge in [0.05, 0.1) is 23.9 Å². The van der Waals surface area contributed by atoms with Crippen molar-refractivity contribution >= 4 is 17.4 Å². The molecule has 1 N–H and O–H groups in total. The number of aliphatic hydroxyl groups is 1. The van der Waals surface area contributed by atoms with E-state index in [9.17, 15) is 14.7 Å². The number of hydrogen-bond acceptors (Lipinski definition) is 5. The Bertz CT molecular complexity index is 826. The molecule has 1 aliphatic heterocycles. The monoisotopic (exact) mass is 338 g/mol. The van der Waals surface area contributed by atoms with E-state index in [1.165, 1.54) is 0 Å². The Balaban J connectivity index is 1.84. The van der Waals surface area contributed by atoms with Crippen LogP contribution in [0.1, 0.15) is 25.1 Å². The quantitative estimate of drug-likeness (QED) is 0.848. The molecule has 0 bridgehead atoms. The smallest absolute Gasteiger partial charge is 0.296 e. The molecule has 0 saturated carbocycles. The summed E-state index contributed by atoms with van der Waals surface area (Å²) in [4.78, 5) is 30.0. The van der Waals surface area contributed by atoms with E-state index in [1.54, 1.807) is 48.7 Å². The first-order valence-corrected chi connectivity index (χ1v) is 7.94. The Kier molecular flexibility index (Phi) is 4.52. The average Bonchev–Trinajstić information content (AvgIpc) is 2.80. The number of benzene rings is 1. The fourth-order valence-corrected chi connectivity index (χ4v) is 2.59. The van der Waals surface area contributed by atoms with Crippen LogP contribution >= 0.6 is 0 Å². The summed E-state index contributed by atoms with van der Waals surface area (Å²) >= 11 is 0. The van der Waals surface area contributed by atoms with Crippen LogP contribution in [0.25, 0.3) is 5.57 Å². The molecule has 25 heavy (non-hydrogen) atoms. The van der Waals surface area contributed by atoms with Gasteiger partial charge in [0.15, 0.2) is 5.76 Å². The van der Waals surface area contributed by atoms with Crippen LogP contribution in [0.5, 0.6) is 5.75 Å². The highest BCUT2D eigenvalue weighted by Gasteiger charge is 2.39. The predicted molar refractivity (Wildman–Crippen MR) is 91.5 cm³/mol. The molecule has 6 nitrogen and oxygen atoms in total. The van der Waals surface area contributed by atoms with E-state index in [0.29, 0.717) is 17.0 Å². The van der Waals surface area contributed by atoms with E-state index in [1.807, 2.05) is 13.8 Å². The molecule has 1 aromatic carbocycles. The third-order valence-electron chi connectivity index (χ3n) is 3.70. The normalized spacial score (nSPS) is 14.6. The molecule has 1 aromatic heterocycles. The number of rotatable bonds is 5. The van der Waals surface area contributed by atoms with Crippen molar-refractivity contribution in [1.29, 1.82) is 0 Å². The second kappa shape index (κ2) is 6.76. The summed E-state index contributed by atoms with van der Waals surface area (Å²) in [6.45, 7) is 3.84. The largest absolute Gasteiger partial charge is 0.502 e. The number of amides is 2. The molecule has 0 fully saturated rings. The van der Waals surface area contributed by atoms with Crippen molar-refractivity contribution in [2.24, 2.45) is 0 Å². The van der Waals surface area contributed by atoms with Gasteiger partial charge in [-0.05, 0) is 43.7 Å². The predicted octanol–water partition coefficient (Wildman–Crippen LogP) is 2.71. The molecule has 0 saturated heterocycles. The van der Waals surface area contributed by atoms with E-state index >= 15 is 0 Å². The molecule has 0 unspecified atom stereocenters. The molecule has 0 atom stereocenters. The number of aliphatic hydroxyl groups excluding tert-OH is 1. The number of imide groups is 1. The molecule has 128 valence electrons. The minimum atomic E-state index is -0.715. The molecule has 2 aromatic rings. The maximum absolute atomic E-state index is 12.6. The van der Waals surface area contributed by atoms with E-state index in [-0.39, 0.29) is 18.2 Å². The second-order valence-corrected chi connectivity index (χ2v) is 5.93. The topological polar surface area (TPSA) is 79.7 Å². The van der Waals surface area contributed by atoms with E-state index in [4.69, 9.17) is 4.74 Å². The number of carbonyl (C=O) groups excluding carboxylic acids is 2. The second-order valence-electron chi connectivity index (χ2n) is 5.93. The third kappa shape index (κ3) is 3.38. The van der Waals surface area contributed by atoms with Gasteiger partial charge in [-0.3, -0.25) is 19.5 Å². The first kappa shape index (κ1) is 16.7. The van der Waals surface area contributed by atoms with Crippen molar-refractivity contribution in [3.05, 3.63) is 65.7 Å². The van der Waals surface area contributed by atoms with Crippen LogP contribution in [0, 0.1) is 0 Å². The zero-order valence-electron chi connectivity index (χ0n) is 14.0. The Morgan fingerprint density at radius 3 is 2.40 bits per heavy atom. The number of ether oxygens (including phenoxy) is 1. The Morgan fingerprint density at radius 2 is 1.80 bits per heavy atom. The third-order valence-corrected chi connectivity index (χ3v) is 3.70. The van der Waals surface area contributed by atoms with Crippen LogP contribution in [-0.4, -0.2) is 32.9 Å². The number of carbonyl (C=O) groups is 2. The first-order valence-electron chi connectivity index (χ1n) is 7.94. The van der Waals surface area contributed by atoms with Crippen LogP contribution in [0.15, 0.2) is 54.4 Å². The maximum atomic E-state index is 12.6. The summed E-state index contributed by atoms with van der Waals surface area (Å²) in [6, 6.07) is 11.9. The van der Waals surface area contributed by atoms with Gasteiger partial charge in [-0.2, -0.15) is 0 Å². The van der Waals surface area contributed by atoms with Crippen LogP contribution in [0.4, 0.5) is 0 Å². The summed E-state index contributed by atoms with van der Waals surface area (Å²) in [5, 5.41) is 10.2. The van der Waals surface area contributed by atoms with E-state index in [2.05, 4.69) is 4.98 Å². The molecule has 1 aliphatic rings. The lowest BCUT2D eigenvalue weighted by Crippen LogP contribution is -2.31. The summed E-state index contributed by atoms with van der Waals surface area (Å²) < 4.78 is 5.56. The molecule has 3 rings (SSSR count). The highest BCUT2D eigenvalue weighted by atomic mass is 16.5. The highest BCUT2D eigenvalue weighted by Crippen LogP contribution is 2.30. The first-order chi connectivity index (χ1) is 12.0. The van der Waals surface area contributed by atoms with Crippen molar-refractivity contribution < 1.29 is 19.4 Å². The number of aromatic nitrogens is 1. The molecular formula is C19H18N2O4. The van der Waals surface area contributed by atoms with Gasteiger partial charge in [-0.15, -0.1) is 0 Å². The molecule has 6 heteroatoms. The van der Waals surface area contributed by atoms with Crippen LogP contribution in [-0.2, 0) is 16.1 Å². The van der Waals surface area contributed by atoms with Gasteiger partial charge < -0.3 is 9.84 Å². The van der Waals surface area contributed by atoms with Crippen LogP contribution in [0.2, 0.25) is 0 Å². The van der Waals surface area contributed by atoms with E-state index in [0.717, 1.165) is 4.90 Å². The van der Waals surface area contributed by atoms with Gasteiger partial charge in [0, 0.05) is 6.20 Å². The van der Waals surface area contributed by atoms with Crippen molar-refractivity contribution in [2.75, 3.05) is 0 Å². The summed E-state index contributed by atoms with van der Waals surface area (Å²) in [5.41, 5.74) is 1.03. The fourth-order valence-electron chi connectivity index (χ4n) is 2.59. The Morgan fingerprint density at radius 1 is 1.08 bits per heavy atom. The minimum absolute atomic E-state index is 0.00275. The van der Waals surface area contributed by atoms with Gasteiger partial charge in [-0.1, -0.05) is 18.2 Å². The Hall–Kier alpha value is -3.15. The number of hydrogen-bond donors (Lipinski definition) is 1. The molecule has 0 radical (unpaired) electrons. The van der Waals surface area contributed by atoms with Gasteiger partial charge in [0.1, 0.15) is 5.75 Å². The van der Waals surface area contributed by atoms with Gasteiger partial charge >= 0.3 is 0 Å². The Labute approximate surface area is 145 Å². The lowest BCUT2D eigenvalue weighted by molar-refractivity contribution is -0.138. The average molecular weight is 338 g/mol. The minimum Gasteiger partial charge on any atom is -0.502 e. The lowest BCUT2D eigenvalue weighted by atomic mass is 10.1. The number of pyridine rings is 1. The summed E-state index contributed by atoms with van der Waals surface area (Å²) in [6.07, 6.45) is 1.61. The van der Waals surface area contributed by atoms with Crippen molar-refractivity contribution in [3.8, 4) is 5.75 Å². The molecule has 0 spiro atoms. The number of nitrogens with zero attached hydrogens (tertiary/aromatic N) is 2. The van der Waals surface area contributed by atoms with Crippen LogP contribution < -0.4 is 4.74 Å². The zero-order valence-corrected chi connectivity index (χ0v) is 14.0. The van der Waals surface area contributed by atoms with E-state index < -0.39 is 17.6 Å². The molecule has 0 aliphatic carbocycles. The fraction of sp³-hybridized carbons (Fsp3) is 0.211. The lowest BCUT2D eigenvalue weighted by Gasteiger charge is -2.14. The van der Waals surface area contributed by atoms with Crippen molar-refractivity contribution in [1.82, 2.24) is 9.88 Å². The SMILES string of the molecule is CC(C)Oc1ccc(C2=C(O)C(=O)N(Cc3ccccn3)C2=O)cc1. The standard InChI is InChI=1S/C19H18N2O4/c1-12(2)25-15-8-6-13(7-9-15)16-17(22)19(24)21(18(16)23)11-14-5-3-4-10-20-14/h3-10,12,22H,11H2,1-2H3. The summed E-state index contributed by atoms with van der Waals surface area (Å²) in [5.74, 6) is -1.14. The van der Waals surface area contributed by atoms with Crippen molar-refractivity contribution in [2.45, 2.75) is 26.5 Å². The van der Waals surface area contributed by atoms with Gasteiger partial charge in [0.25, 0.3) is 11.8 Å².